The van der Waals surface area contributed by atoms with Crippen molar-refractivity contribution in [1.29, 1.82) is 0 Å². The fourth-order valence-electron chi connectivity index (χ4n) is 5.15. The highest BCUT2D eigenvalue weighted by Crippen LogP contribution is 2.33. The van der Waals surface area contributed by atoms with Gasteiger partial charge in [-0.2, -0.15) is 8.42 Å². The Labute approximate surface area is 194 Å². The Morgan fingerprint density at radius 3 is 3.00 bits per heavy atom. The minimum atomic E-state index is -3.77. The van der Waals surface area contributed by atoms with Gasteiger partial charge in [-0.3, -0.25) is 14.6 Å². The number of hydrogen-bond acceptors (Lipinski definition) is 6. The lowest BCUT2D eigenvalue weighted by Gasteiger charge is -2.40. The number of aromatic nitrogens is 1. The Kier molecular flexibility index (Phi) is 5.84. The second kappa shape index (κ2) is 8.79. The molecule has 0 saturated carbocycles. The quantitative estimate of drug-likeness (QED) is 0.698. The number of allylic oxidation sites excluding steroid dienone is 2. The summed E-state index contributed by atoms with van der Waals surface area (Å²) in [6.07, 6.45) is 8.48. The number of rotatable bonds is 5. The van der Waals surface area contributed by atoms with Crippen molar-refractivity contribution in [2.45, 2.75) is 51.1 Å². The van der Waals surface area contributed by atoms with Crippen LogP contribution >= 0.6 is 0 Å². The van der Waals surface area contributed by atoms with Crippen LogP contribution in [0.1, 0.15) is 50.6 Å². The highest BCUT2D eigenvalue weighted by atomic mass is 32.2. The lowest BCUT2D eigenvalue weighted by Crippen LogP contribution is -2.44. The van der Waals surface area contributed by atoms with Crippen LogP contribution in [0.4, 0.5) is 0 Å². The van der Waals surface area contributed by atoms with Crippen molar-refractivity contribution in [2.75, 3.05) is 13.2 Å². The van der Waals surface area contributed by atoms with Gasteiger partial charge in [0.15, 0.2) is 5.84 Å². The van der Waals surface area contributed by atoms with E-state index in [0.29, 0.717) is 36.5 Å². The number of hydrogen-bond donors (Lipinski definition) is 2. The van der Waals surface area contributed by atoms with Crippen molar-refractivity contribution in [2.24, 2.45) is 10.1 Å². The predicted octanol–water partition coefficient (Wildman–Crippen LogP) is 3.30. The summed E-state index contributed by atoms with van der Waals surface area (Å²) in [6, 6.07) is 10.8. The summed E-state index contributed by atoms with van der Waals surface area (Å²) in [5.74, 6) is 0.610. The van der Waals surface area contributed by atoms with Crippen LogP contribution in [0.15, 0.2) is 64.0 Å². The fraction of sp³-hybridized carbons (Fsp3) is 0.417. The molecule has 1 aliphatic carbocycles. The molecule has 0 radical (unpaired) electrons. The summed E-state index contributed by atoms with van der Waals surface area (Å²) in [4.78, 5) is 7.03. The molecular formula is C24H29N5O3S. The zero-order valence-corrected chi connectivity index (χ0v) is 19.5. The van der Waals surface area contributed by atoms with E-state index in [1.165, 1.54) is 10.9 Å². The molecule has 9 heteroatoms. The van der Waals surface area contributed by atoms with Gasteiger partial charge in [-0.25, -0.2) is 0 Å². The largest absolute Gasteiger partial charge is 0.491 e. The smallest absolute Gasteiger partial charge is 0.344 e. The van der Waals surface area contributed by atoms with Gasteiger partial charge in [-0.05, 0) is 62.9 Å². The average molecular weight is 468 g/mol. The molecule has 1 aromatic carbocycles. The number of nitrogens with zero attached hydrogens (tertiary/aromatic N) is 3. The van der Waals surface area contributed by atoms with Crippen molar-refractivity contribution in [3.8, 4) is 0 Å². The third-order valence-electron chi connectivity index (χ3n) is 6.73. The lowest BCUT2D eigenvalue weighted by molar-refractivity contribution is 0.0466. The highest BCUT2D eigenvalue weighted by Gasteiger charge is 2.32. The molecular weight excluding hydrogens is 438 g/mol. The Morgan fingerprint density at radius 1 is 1.27 bits per heavy atom. The number of benzene rings is 1. The van der Waals surface area contributed by atoms with Crippen LogP contribution < -0.4 is 10.5 Å². The van der Waals surface area contributed by atoms with E-state index in [1.54, 1.807) is 0 Å². The first-order valence-electron chi connectivity index (χ1n) is 11.5. The number of para-hydroxylation sites is 1. The first-order chi connectivity index (χ1) is 15.9. The molecule has 3 N–H and O–H groups in total. The van der Waals surface area contributed by atoms with Gasteiger partial charge < -0.3 is 10.5 Å². The molecule has 1 aromatic heterocycles. The van der Waals surface area contributed by atoms with Crippen LogP contribution in [0.5, 0.6) is 0 Å². The summed E-state index contributed by atoms with van der Waals surface area (Å²) in [5, 5.41) is 1.18. The monoisotopic (exact) mass is 467 g/mol. The van der Waals surface area contributed by atoms with Gasteiger partial charge in [0.05, 0.1) is 11.1 Å². The lowest BCUT2D eigenvalue weighted by atomic mass is 9.95. The molecule has 3 heterocycles. The SMILES string of the molecule is CC(c1ccnc2ccccc12)N1CCCCC1COC1=CCCC2=C1C(N)=NS(=O)(=O)N2. The number of amidine groups is 1. The molecule has 1 saturated heterocycles. The number of pyridine rings is 1. The van der Waals surface area contributed by atoms with E-state index in [9.17, 15) is 8.42 Å². The second-order valence-corrected chi connectivity index (χ2v) is 10.1. The maximum atomic E-state index is 11.9. The van der Waals surface area contributed by atoms with E-state index in [2.05, 4.69) is 44.1 Å². The number of piperidine rings is 1. The summed E-state index contributed by atoms with van der Waals surface area (Å²) in [7, 11) is -3.77. The number of nitrogens with two attached hydrogens (primary N) is 1. The minimum absolute atomic E-state index is 0.00757. The number of ether oxygens (including phenoxy) is 1. The molecule has 33 heavy (non-hydrogen) atoms. The predicted molar refractivity (Wildman–Crippen MR) is 128 cm³/mol. The number of nitrogens with one attached hydrogen (secondary N) is 1. The van der Waals surface area contributed by atoms with Crippen molar-refractivity contribution in [1.82, 2.24) is 14.6 Å². The molecule has 8 nitrogen and oxygen atoms in total. The van der Waals surface area contributed by atoms with Gasteiger partial charge in [0.2, 0.25) is 0 Å². The summed E-state index contributed by atoms with van der Waals surface area (Å²) >= 11 is 0. The first kappa shape index (κ1) is 21.9. The van der Waals surface area contributed by atoms with E-state index in [1.807, 2.05) is 24.4 Å². The third-order valence-corrected chi connectivity index (χ3v) is 7.67. The van der Waals surface area contributed by atoms with Gasteiger partial charge in [0, 0.05) is 29.4 Å². The molecule has 3 aliphatic rings. The Morgan fingerprint density at radius 2 is 2.12 bits per heavy atom. The summed E-state index contributed by atoms with van der Waals surface area (Å²) in [5.41, 5.74) is 9.42. The molecule has 5 rings (SSSR count). The molecule has 2 aromatic rings. The summed E-state index contributed by atoms with van der Waals surface area (Å²) in [6.45, 7) is 3.76. The molecule has 0 spiro atoms. The normalized spacial score (nSPS) is 23.8. The minimum Gasteiger partial charge on any atom is -0.491 e. The van der Waals surface area contributed by atoms with Crippen molar-refractivity contribution in [3.63, 3.8) is 0 Å². The Hall–Kier alpha value is -2.91. The molecule has 174 valence electrons. The first-order valence-corrected chi connectivity index (χ1v) is 12.9. The highest BCUT2D eigenvalue weighted by molar-refractivity contribution is 7.88. The van der Waals surface area contributed by atoms with Crippen LogP contribution in [-0.2, 0) is 14.9 Å². The van der Waals surface area contributed by atoms with Crippen LogP contribution in [0, 0.1) is 0 Å². The second-order valence-electron chi connectivity index (χ2n) is 8.81. The van der Waals surface area contributed by atoms with Crippen molar-refractivity contribution in [3.05, 3.63) is 65.2 Å². The molecule has 1 fully saturated rings. The average Bonchev–Trinajstić information content (AvgIpc) is 2.81. The van der Waals surface area contributed by atoms with Gasteiger partial charge in [0.1, 0.15) is 12.4 Å². The molecule has 0 amide bonds. The maximum Gasteiger partial charge on any atom is 0.344 e. The summed E-state index contributed by atoms with van der Waals surface area (Å²) < 4.78 is 36.2. The standard InChI is InChI=1S/C24H29N5O3S/c1-16(18-12-13-26-20-9-3-2-8-19(18)20)29-14-5-4-7-17(29)15-32-22-11-6-10-21-23(22)24(25)28-33(30,31)27-21/h2-3,8-9,11-13,16-17,27H,4-7,10,14-15H2,1H3,(H2,25,28). The number of fused-ring (bicyclic) bond motifs is 1. The van der Waals surface area contributed by atoms with E-state index in [-0.39, 0.29) is 17.9 Å². The molecule has 0 bridgehead atoms. The third kappa shape index (κ3) is 4.35. The van der Waals surface area contributed by atoms with Gasteiger partial charge >= 0.3 is 10.2 Å². The van der Waals surface area contributed by atoms with Gasteiger partial charge in [-0.1, -0.05) is 24.6 Å². The van der Waals surface area contributed by atoms with Crippen LogP contribution in [0.3, 0.4) is 0 Å². The van der Waals surface area contributed by atoms with Crippen molar-refractivity contribution >= 4 is 26.9 Å². The van der Waals surface area contributed by atoms with Crippen LogP contribution in [-0.4, -0.2) is 43.3 Å². The zero-order valence-electron chi connectivity index (χ0n) is 18.7. The van der Waals surface area contributed by atoms with Crippen LogP contribution in [0.25, 0.3) is 10.9 Å². The van der Waals surface area contributed by atoms with Crippen LogP contribution in [0.2, 0.25) is 0 Å². The van der Waals surface area contributed by atoms with Crippen molar-refractivity contribution < 1.29 is 13.2 Å². The molecule has 2 atom stereocenters. The topological polar surface area (TPSA) is 110 Å². The Balaban J connectivity index is 1.35. The van der Waals surface area contributed by atoms with Gasteiger partial charge in [0.25, 0.3) is 0 Å². The maximum absolute atomic E-state index is 11.9. The number of likely N-dealkylation sites (tertiary alicyclic amines) is 1. The Bertz CT molecular complexity index is 1260. The molecule has 2 unspecified atom stereocenters. The zero-order chi connectivity index (χ0) is 23.0. The van der Waals surface area contributed by atoms with Gasteiger partial charge in [-0.15, -0.1) is 4.40 Å². The van der Waals surface area contributed by atoms with E-state index < -0.39 is 10.2 Å². The van der Waals surface area contributed by atoms with E-state index >= 15 is 0 Å². The molecule has 2 aliphatic heterocycles. The van der Waals surface area contributed by atoms with E-state index in [4.69, 9.17) is 10.5 Å². The fourth-order valence-corrected chi connectivity index (χ4v) is 6.06. The van der Waals surface area contributed by atoms with E-state index in [0.717, 1.165) is 31.3 Å².